The highest BCUT2D eigenvalue weighted by molar-refractivity contribution is 8.01. The third-order valence-corrected chi connectivity index (χ3v) is 4.07. The third kappa shape index (κ3) is 2.71. The molecule has 0 spiro atoms. The van der Waals surface area contributed by atoms with Crippen molar-refractivity contribution in [2.45, 2.75) is 37.9 Å². The molecule has 0 aromatic heterocycles. The number of carbonyl (C=O) groups is 1. The molecule has 13 heavy (non-hydrogen) atoms. The van der Waals surface area contributed by atoms with Crippen molar-refractivity contribution in [2.24, 2.45) is 5.41 Å². The molecule has 1 N–H and O–H groups in total. The minimum Gasteiger partial charge on any atom is -0.396 e. The minimum absolute atomic E-state index is 0.127. The Morgan fingerprint density at radius 3 is 2.69 bits per heavy atom. The molecular weight excluding hydrogens is 184 g/mol. The van der Waals surface area contributed by atoms with Gasteiger partial charge in [-0.05, 0) is 30.4 Å². The Labute approximate surface area is 84.1 Å². The van der Waals surface area contributed by atoms with Gasteiger partial charge in [-0.25, -0.2) is 0 Å². The molecule has 1 heterocycles. The van der Waals surface area contributed by atoms with Gasteiger partial charge in [0.1, 0.15) is 6.29 Å². The van der Waals surface area contributed by atoms with Crippen molar-refractivity contribution in [1.82, 2.24) is 0 Å². The summed E-state index contributed by atoms with van der Waals surface area (Å²) in [6, 6.07) is 0. The Hall–Kier alpha value is -0.0200. The molecule has 76 valence electrons. The molecule has 1 aliphatic heterocycles. The maximum Gasteiger partial charge on any atom is 0.136 e. The first kappa shape index (κ1) is 11.1. The van der Waals surface area contributed by atoms with Crippen molar-refractivity contribution in [1.29, 1.82) is 0 Å². The number of hydrogen-bond donors (Lipinski definition) is 1. The van der Waals surface area contributed by atoms with E-state index in [0.717, 1.165) is 31.3 Å². The monoisotopic (exact) mass is 202 g/mol. The standard InChI is InChI=1S/C10H18O2S/c1-9(2,7-11)6-10(8-12)4-3-5-13-10/h8,11H,3-7H2,1-2H3. The molecule has 0 aliphatic carbocycles. The van der Waals surface area contributed by atoms with Crippen LogP contribution in [0.4, 0.5) is 0 Å². The van der Waals surface area contributed by atoms with Gasteiger partial charge in [0.25, 0.3) is 0 Å². The number of thioether (sulfide) groups is 1. The van der Waals surface area contributed by atoms with E-state index in [1.807, 2.05) is 13.8 Å². The highest BCUT2D eigenvalue weighted by Crippen LogP contribution is 2.44. The van der Waals surface area contributed by atoms with E-state index < -0.39 is 0 Å². The molecule has 0 aromatic carbocycles. The molecule has 2 nitrogen and oxygen atoms in total. The van der Waals surface area contributed by atoms with Crippen molar-refractivity contribution in [3.8, 4) is 0 Å². The summed E-state index contributed by atoms with van der Waals surface area (Å²) < 4.78 is -0.202. The highest BCUT2D eigenvalue weighted by atomic mass is 32.2. The Morgan fingerprint density at radius 1 is 1.62 bits per heavy atom. The summed E-state index contributed by atoms with van der Waals surface area (Å²) >= 11 is 1.75. The van der Waals surface area contributed by atoms with Crippen molar-refractivity contribution >= 4 is 18.0 Å². The fraction of sp³-hybridized carbons (Fsp3) is 0.900. The zero-order valence-electron chi connectivity index (χ0n) is 8.38. The molecular formula is C10H18O2S. The van der Waals surface area contributed by atoms with E-state index in [4.69, 9.17) is 5.11 Å². The van der Waals surface area contributed by atoms with Gasteiger partial charge >= 0.3 is 0 Å². The Balaban J connectivity index is 2.63. The van der Waals surface area contributed by atoms with Crippen LogP contribution in [0.3, 0.4) is 0 Å². The summed E-state index contributed by atoms with van der Waals surface area (Å²) in [5, 5.41) is 9.14. The van der Waals surface area contributed by atoms with Gasteiger partial charge in [0, 0.05) is 6.61 Å². The van der Waals surface area contributed by atoms with Crippen LogP contribution in [-0.2, 0) is 4.79 Å². The molecule has 0 saturated carbocycles. The fourth-order valence-electron chi connectivity index (χ4n) is 1.86. The van der Waals surface area contributed by atoms with E-state index in [2.05, 4.69) is 0 Å². The average Bonchev–Trinajstić information content (AvgIpc) is 2.53. The summed E-state index contributed by atoms with van der Waals surface area (Å²) in [6.07, 6.45) is 3.99. The van der Waals surface area contributed by atoms with Gasteiger partial charge in [-0.3, -0.25) is 0 Å². The second-order valence-electron chi connectivity index (χ2n) is 4.63. The van der Waals surface area contributed by atoms with Crippen LogP contribution in [-0.4, -0.2) is 28.5 Å². The van der Waals surface area contributed by atoms with Gasteiger partial charge in [-0.2, -0.15) is 0 Å². The number of aldehydes is 1. The topological polar surface area (TPSA) is 37.3 Å². The summed E-state index contributed by atoms with van der Waals surface area (Å²) in [7, 11) is 0. The molecule has 0 bridgehead atoms. The molecule has 1 unspecified atom stereocenters. The summed E-state index contributed by atoms with van der Waals surface area (Å²) in [5.41, 5.74) is -0.127. The summed E-state index contributed by atoms with van der Waals surface area (Å²) in [5.74, 6) is 1.08. The maximum atomic E-state index is 11.0. The summed E-state index contributed by atoms with van der Waals surface area (Å²) in [6.45, 7) is 4.18. The largest absolute Gasteiger partial charge is 0.396 e. The van der Waals surface area contributed by atoms with Crippen molar-refractivity contribution < 1.29 is 9.90 Å². The molecule has 0 aromatic rings. The minimum atomic E-state index is -0.202. The molecule has 0 amide bonds. The first-order valence-electron chi connectivity index (χ1n) is 4.75. The second kappa shape index (κ2) is 4.01. The van der Waals surface area contributed by atoms with Crippen molar-refractivity contribution in [3.63, 3.8) is 0 Å². The van der Waals surface area contributed by atoms with Gasteiger partial charge in [0.15, 0.2) is 0 Å². The first-order valence-corrected chi connectivity index (χ1v) is 5.73. The fourth-order valence-corrected chi connectivity index (χ4v) is 3.40. The smallest absolute Gasteiger partial charge is 0.136 e. The quantitative estimate of drug-likeness (QED) is 0.707. The number of aliphatic hydroxyl groups excluding tert-OH is 1. The maximum absolute atomic E-state index is 11.0. The van der Waals surface area contributed by atoms with Crippen molar-refractivity contribution in [2.75, 3.05) is 12.4 Å². The predicted molar refractivity (Wildman–Crippen MR) is 56.0 cm³/mol. The molecule has 1 saturated heterocycles. The zero-order valence-corrected chi connectivity index (χ0v) is 9.19. The van der Waals surface area contributed by atoms with E-state index >= 15 is 0 Å². The zero-order chi connectivity index (χ0) is 9.95. The van der Waals surface area contributed by atoms with Crippen LogP contribution >= 0.6 is 11.8 Å². The van der Waals surface area contributed by atoms with Crippen LogP contribution in [0, 0.1) is 5.41 Å². The molecule has 0 radical (unpaired) electrons. The molecule has 1 rings (SSSR count). The van der Waals surface area contributed by atoms with Gasteiger partial charge < -0.3 is 9.90 Å². The van der Waals surface area contributed by atoms with Crippen LogP contribution in [0.1, 0.15) is 33.1 Å². The average molecular weight is 202 g/mol. The van der Waals surface area contributed by atoms with E-state index in [9.17, 15) is 4.79 Å². The van der Waals surface area contributed by atoms with Crippen LogP contribution in [0.5, 0.6) is 0 Å². The SMILES string of the molecule is CC(C)(CO)CC1(C=O)CCCS1. The van der Waals surface area contributed by atoms with Crippen LogP contribution in [0.2, 0.25) is 0 Å². The lowest BCUT2D eigenvalue weighted by Gasteiger charge is -2.31. The van der Waals surface area contributed by atoms with Crippen LogP contribution in [0.15, 0.2) is 0 Å². The van der Waals surface area contributed by atoms with Gasteiger partial charge in [-0.1, -0.05) is 13.8 Å². The lowest BCUT2D eigenvalue weighted by Crippen LogP contribution is -2.32. The highest BCUT2D eigenvalue weighted by Gasteiger charge is 2.39. The Kier molecular flexibility index (Phi) is 3.41. The Morgan fingerprint density at radius 2 is 2.31 bits per heavy atom. The van der Waals surface area contributed by atoms with Crippen molar-refractivity contribution in [3.05, 3.63) is 0 Å². The molecule has 1 fully saturated rings. The predicted octanol–water partition coefficient (Wildman–Crippen LogP) is 1.86. The van der Waals surface area contributed by atoms with Crippen LogP contribution < -0.4 is 0 Å². The van der Waals surface area contributed by atoms with Crippen LogP contribution in [0.25, 0.3) is 0 Å². The van der Waals surface area contributed by atoms with Gasteiger partial charge in [0.05, 0.1) is 4.75 Å². The molecule has 1 aliphatic rings. The van der Waals surface area contributed by atoms with Gasteiger partial charge in [-0.15, -0.1) is 11.8 Å². The first-order chi connectivity index (χ1) is 6.04. The normalized spacial score (nSPS) is 29.2. The number of hydrogen-bond acceptors (Lipinski definition) is 3. The molecule has 3 heteroatoms. The number of rotatable bonds is 4. The lowest BCUT2D eigenvalue weighted by molar-refractivity contribution is -0.110. The van der Waals surface area contributed by atoms with E-state index in [-0.39, 0.29) is 16.8 Å². The number of carbonyl (C=O) groups excluding carboxylic acids is 1. The van der Waals surface area contributed by atoms with E-state index in [1.54, 1.807) is 11.8 Å². The Bertz CT molecular complexity index is 183. The lowest BCUT2D eigenvalue weighted by atomic mass is 9.82. The number of aliphatic hydroxyl groups is 1. The summed E-state index contributed by atoms with van der Waals surface area (Å²) in [4.78, 5) is 11.0. The van der Waals surface area contributed by atoms with Gasteiger partial charge in [0.2, 0.25) is 0 Å². The second-order valence-corrected chi connectivity index (χ2v) is 6.14. The molecule has 1 atom stereocenters. The van der Waals surface area contributed by atoms with E-state index in [1.165, 1.54) is 0 Å². The van der Waals surface area contributed by atoms with E-state index in [0.29, 0.717) is 0 Å². The third-order valence-electron chi connectivity index (χ3n) is 2.55.